The van der Waals surface area contributed by atoms with Crippen LogP contribution in [0.5, 0.6) is 0 Å². The van der Waals surface area contributed by atoms with E-state index in [0.29, 0.717) is 5.69 Å². The van der Waals surface area contributed by atoms with Crippen LogP contribution in [0.4, 0.5) is 17.1 Å². The molecule has 30 heavy (non-hydrogen) atoms. The summed E-state index contributed by atoms with van der Waals surface area (Å²) in [5, 5.41) is 16.9. The third kappa shape index (κ3) is 5.55. The van der Waals surface area contributed by atoms with Gasteiger partial charge in [-0.3, -0.25) is 14.9 Å². The van der Waals surface area contributed by atoms with Gasteiger partial charge in [0.2, 0.25) is 15.9 Å². The van der Waals surface area contributed by atoms with Crippen molar-refractivity contribution in [2.75, 3.05) is 30.3 Å². The number of nitrogens with one attached hydrogen (secondary N) is 2. The molecule has 0 spiro atoms. The summed E-state index contributed by atoms with van der Waals surface area (Å²) in [5.74, 6) is -0.394. The van der Waals surface area contributed by atoms with E-state index in [1.54, 1.807) is 26.0 Å². The van der Waals surface area contributed by atoms with Gasteiger partial charge in [-0.05, 0) is 42.8 Å². The Hall–Kier alpha value is -2.50. The zero-order valence-electron chi connectivity index (χ0n) is 16.8. The average Bonchev–Trinajstić information content (AvgIpc) is 2.69. The van der Waals surface area contributed by atoms with Crippen LogP contribution in [-0.4, -0.2) is 43.2 Å². The van der Waals surface area contributed by atoms with Crippen molar-refractivity contribution in [3.63, 3.8) is 0 Å². The van der Waals surface area contributed by atoms with Crippen LogP contribution in [0.25, 0.3) is 0 Å². The Bertz CT molecular complexity index is 1050. The molecule has 0 aromatic heterocycles. The number of nitrogens with zero attached hydrogens (tertiary/aromatic N) is 2. The smallest absolute Gasteiger partial charge is 0.293 e. The first-order chi connectivity index (χ1) is 14.1. The van der Waals surface area contributed by atoms with Gasteiger partial charge in [0.1, 0.15) is 5.69 Å². The lowest BCUT2D eigenvalue weighted by Gasteiger charge is -2.18. The molecule has 0 bridgehead atoms. The molecular weight excluding hydrogens is 476 g/mol. The van der Waals surface area contributed by atoms with Gasteiger partial charge in [0.05, 0.1) is 16.4 Å². The van der Waals surface area contributed by atoms with Crippen LogP contribution in [-0.2, 0) is 14.8 Å². The van der Waals surface area contributed by atoms with E-state index < -0.39 is 26.5 Å². The molecule has 0 aliphatic heterocycles. The van der Waals surface area contributed by atoms with Crippen LogP contribution in [0.1, 0.15) is 19.4 Å². The summed E-state index contributed by atoms with van der Waals surface area (Å²) in [4.78, 5) is 22.9. The van der Waals surface area contributed by atoms with Crippen LogP contribution in [0, 0.1) is 17.0 Å². The standard InChI is InChI=1S/C19H23BrN4O5S/c1-4-23(5-2)30(28,29)15-7-9-17(18(11-15)24(26)27)21-12-19(25)22-16-8-6-14(20)10-13(16)3/h6-11,21H,4-5,12H2,1-3H3,(H,22,25). The van der Waals surface area contributed by atoms with Gasteiger partial charge in [-0.15, -0.1) is 0 Å². The lowest BCUT2D eigenvalue weighted by Crippen LogP contribution is -2.30. The monoisotopic (exact) mass is 498 g/mol. The zero-order chi connectivity index (χ0) is 22.5. The van der Waals surface area contributed by atoms with Gasteiger partial charge in [-0.1, -0.05) is 29.8 Å². The summed E-state index contributed by atoms with van der Waals surface area (Å²) < 4.78 is 27.3. The van der Waals surface area contributed by atoms with E-state index in [1.807, 2.05) is 13.0 Å². The minimum Gasteiger partial charge on any atom is -0.371 e. The third-order valence-electron chi connectivity index (χ3n) is 4.41. The van der Waals surface area contributed by atoms with Crippen molar-refractivity contribution in [2.45, 2.75) is 25.7 Å². The normalized spacial score (nSPS) is 11.4. The Morgan fingerprint density at radius 3 is 2.33 bits per heavy atom. The zero-order valence-corrected chi connectivity index (χ0v) is 19.2. The van der Waals surface area contributed by atoms with Crippen molar-refractivity contribution >= 4 is 48.9 Å². The first-order valence-corrected chi connectivity index (χ1v) is 11.4. The molecule has 0 saturated heterocycles. The number of nitro groups is 1. The summed E-state index contributed by atoms with van der Waals surface area (Å²) in [6.45, 7) is 5.50. The molecule has 2 aromatic rings. The Balaban J connectivity index is 2.19. The van der Waals surface area contributed by atoms with Crippen molar-refractivity contribution in [3.8, 4) is 0 Å². The number of anilines is 2. The number of benzene rings is 2. The van der Waals surface area contributed by atoms with E-state index in [1.165, 1.54) is 16.4 Å². The Labute approximate surface area is 183 Å². The molecule has 0 unspecified atom stereocenters. The Kier molecular flexibility index (Phi) is 7.93. The number of rotatable bonds is 9. The number of nitro benzene ring substituents is 1. The second-order valence-electron chi connectivity index (χ2n) is 6.39. The lowest BCUT2D eigenvalue weighted by atomic mass is 10.2. The molecule has 0 fully saturated rings. The highest BCUT2D eigenvalue weighted by atomic mass is 79.9. The number of aryl methyl sites for hydroxylation is 1. The molecule has 0 radical (unpaired) electrons. The van der Waals surface area contributed by atoms with E-state index in [9.17, 15) is 23.3 Å². The van der Waals surface area contributed by atoms with Gasteiger partial charge in [0.15, 0.2) is 0 Å². The average molecular weight is 499 g/mol. The summed E-state index contributed by atoms with van der Waals surface area (Å²) in [5.41, 5.74) is 1.12. The van der Waals surface area contributed by atoms with E-state index in [2.05, 4.69) is 26.6 Å². The SMILES string of the molecule is CCN(CC)S(=O)(=O)c1ccc(NCC(=O)Nc2ccc(Br)cc2C)c([N+](=O)[O-])c1. The molecule has 2 aromatic carbocycles. The highest BCUT2D eigenvalue weighted by Gasteiger charge is 2.25. The number of hydrogen-bond donors (Lipinski definition) is 2. The minimum absolute atomic E-state index is 0.0566. The van der Waals surface area contributed by atoms with Crippen molar-refractivity contribution < 1.29 is 18.1 Å². The number of halogens is 1. The van der Waals surface area contributed by atoms with Gasteiger partial charge in [0.25, 0.3) is 5.69 Å². The lowest BCUT2D eigenvalue weighted by molar-refractivity contribution is -0.384. The van der Waals surface area contributed by atoms with Crippen LogP contribution >= 0.6 is 15.9 Å². The molecule has 0 saturated carbocycles. The molecule has 162 valence electrons. The molecule has 1 amide bonds. The highest BCUT2D eigenvalue weighted by Crippen LogP contribution is 2.29. The van der Waals surface area contributed by atoms with Crippen LogP contribution in [0.3, 0.4) is 0 Å². The Morgan fingerprint density at radius 1 is 1.13 bits per heavy atom. The quantitative estimate of drug-likeness (QED) is 0.401. The minimum atomic E-state index is -3.84. The molecular formula is C19H23BrN4O5S. The molecule has 0 aliphatic carbocycles. The summed E-state index contributed by atoms with van der Waals surface area (Å²) in [7, 11) is -3.84. The maximum Gasteiger partial charge on any atom is 0.293 e. The van der Waals surface area contributed by atoms with Crippen molar-refractivity contribution in [2.24, 2.45) is 0 Å². The first-order valence-electron chi connectivity index (χ1n) is 9.18. The van der Waals surface area contributed by atoms with Gasteiger partial charge in [0, 0.05) is 29.3 Å². The number of sulfonamides is 1. The maximum absolute atomic E-state index is 12.6. The summed E-state index contributed by atoms with van der Waals surface area (Å²) >= 11 is 3.35. The number of carbonyl (C=O) groups excluding carboxylic acids is 1. The van der Waals surface area contributed by atoms with Crippen LogP contribution in [0.15, 0.2) is 45.8 Å². The predicted octanol–water partition coefficient (Wildman–Crippen LogP) is 3.75. The largest absolute Gasteiger partial charge is 0.371 e. The fourth-order valence-electron chi connectivity index (χ4n) is 2.82. The number of carbonyl (C=O) groups is 1. The number of hydrogen-bond acceptors (Lipinski definition) is 6. The molecule has 0 heterocycles. The van der Waals surface area contributed by atoms with Crippen molar-refractivity contribution in [1.82, 2.24) is 4.31 Å². The van der Waals surface area contributed by atoms with Crippen LogP contribution in [0.2, 0.25) is 0 Å². The first kappa shape index (κ1) is 23.8. The second kappa shape index (κ2) is 10.0. The molecule has 0 aliphatic rings. The molecule has 0 atom stereocenters. The predicted molar refractivity (Wildman–Crippen MR) is 119 cm³/mol. The topological polar surface area (TPSA) is 122 Å². The molecule has 2 rings (SSSR count). The fourth-order valence-corrected chi connectivity index (χ4v) is 4.78. The second-order valence-corrected chi connectivity index (χ2v) is 9.24. The summed E-state index contributed by atoms with van der Waals surface area (Å²) in [6, 6.07) is 8.98. The van der Waals surface area contributed by atoms with Crippen LogP contribution < -0.4 is 10.6 Å². The molecule has 2 N–H and O–H groups in total. The van der Waals surface area contributed by atoms with Gasteiger partial charge in [-0.25, -0.2) is 8.42 Å². The summed E-state index contributed by atoms with van der Waals surface area (Å²) in [6.07, 6.45) is 0. The third-order valence-corrected chi connectivity index (χ3v) is 6.95. The number of amides is 1. The van der Waals surface area contributed by atoms with E-state index in [4.69, 9.17) is 0 Å². The van der Waals surface area contributed by atoms with Crippen molar-refractivity contribution in [3.05, 3.63) is 56.5 Å². The molecule has 11 heteroatoms. The van der Waals surface area contributed by atoms with Gasteiger partial charge < -0.3 is 10.6 Å². The van der Waals surface area contributed by atoms with E-state index in [0.717, 1.165) is 16.1 Å². The molecule has 9 nitrogen and oxygen atoms in total. The maximum atomic E-state index is 12.6. The van der Waals surface area contributed by atoms with Gasteiger partial charge in [-0.2, -0.15) is 4.31 Å². The fraction of sp³-hybridized carbons (Fsp3) is 0.316. The Morgan fingerprint density at radius 2 is 1.77 bits per heavy atom. The van der Waals surface area contributed by atoms with Gasteiger partial charge >= 0.3 is 0 Å². The van der Waals surface area contributed by atoms with Crippen molar-refractivity contribution in [1.29, 1.82) is 0 Å². The highest BCUT2D eigenvalue weighted by molar-refractivity contribution is 9.10. The van der Waals surface area contributed by atoms with E-state index in [-0.39, 0.29) is 30.2 Å². The van der Waals surface area contributed by atoms with E-state index >= 15 is 0 Å².